The molecule has 316 valence electrons. The smallest absolute Gasteiger partial charge is 0.182 e. The maximum Gasteiger partial charge on any atom is 0.182 e. The number of nitrogens with zero attached hydrogens (tertiary/aromatic N) is 3. The molecular weight excluding hydrogens is 751 g/mol. The van der Waals surface area contributed by atoms with Gasteiger partial charge >= 0.3 is 0 Å². The number of fused-ring (bicyclic) bond motifs is 3. The average molecular weight is 812 g/mol. The first-order chi connectivity index (χ1) is 28.7. The van der Waals surface area contributed by atoms with Crippen molar-refractivity contribution in [1.29, 1.82) is 0 Å². The van der Waals surface area contributed by atoms with Crippen LogP contribution in [0.2, 0.25) is 0 Å². The van der Waals surface area contributed by atoms with Crippen molar-refractivity contribution in [1.82, 2.24) is 14.7 Å². The largest absolute Gasteiger partial charge is 0.379 e. The number of carbonyl (C=O) groups is 3. The van der Waals surface area contributed by atoms with Crippen molar-refractivity contribution >= 4 is 17.3 Å². The number of carbonyl (C=O) groups excluding carboxylic acids is 3. The molecule has 9 heteroatoms. The SMILES string of the molecule is CC(C)(C(=O)c1ccc(CC2(Cc3ccc(C(=O)C(C)(C)N4CCOCC4)cc3)c3ccccc3-c3ccc(C(=O)C(C)(C)N4CCOCC4)cc32)cc1)N1CCOCC1. The van der Waals surface area contributed by atoms with E-state index >= 15 is 0 Å². The quantitative estimate of drug-likeness (QED) is 0.129. The number of Topliss-reactive ketones (excluding diaryl/α,β-unsaturated/α-hetero) is 3. The van der Waals surface area contributed by atoms with Crippen molar-refractivity contribution in [2.24, 2.45) is 0 Å². The Balaban J connectivity index is 1.18. The molecule has 3 heterocycles. The summed E-state index contributed by atoms with van der Waals surface area (Å²) in [6, 6.07) is 31.3. The molecule has 0 saturated carbocycles. The van der Waals surface area contributed by atoms with Gasteiger partial charge in [0.15, 0.2) is 17.3 Å². The molecule has 0 amide bonds. The maximum atomic E-state index is 14.6. The van der Waals surface area contributed by atoms with E-state index in [0.29, 0.717) is 82.3 Å². The Labute approximate surface area is 356 Å². The van der Waals surface area contributed by atoms with E-state index in [1.54, 1.807) is 0 Å². The van der Waals surface area contributed by atoms with E-state index in [-0.39, 0.29) is 17.3 Å². The Bertz CT molecular complexity index is 2120. The molecule has 4 aromatic carbocycles. The van der Waals surface area contributed by atoms with Crippen molar-refractivity contribution in [2.45, 2.75) is 76.4 Å². The molecule has 8 rings (SSSR count). The first kappa shape index (κ1) is 42.3. The molecule has 9 nitrogen and oxygen atoms in total. The van der Waals surface area contributed by atoms with E-state index in [1.165, 1.54) is 5.56 Å². The van der Waals surface area contributed by atoms with Crippen LogP contribution >= 0.6 is 0 Å². The molecule has 4 aliphatic rings. The van der Waals surface area contributed by atoms with Crippen molar-refractivity contribution in [2.75, 3.05) is 78.9 Å². The van der Waals surface area contributed by atoms with Gasteiger partial charge in [-0.25, -0.2) is 0 Å². The molecule has 3 saturated heterocycles. The molecular formula is C51H61N3O6. The molecule has 0 radical (unpaired) electrons. The summed E-state index contributed by atoms with van der Waals surface area (Å²) in [5.41, 5.74) is 6.33. The summed E-state index contributed by atoms with van der Waals surface area (Å²) in [7, 11) is 0. The highest BCUT2D eigenvalue weighted by Gasteiger charge is 2.45. The zero-order chi connectivity index (χ0) is 42.3. The standard InChI is InChI=1S/C51H61N3O6/c1-48(2,52-21-27-58-28-22-52)45(55)38-15-11-36(12-16-38)34-51(35-37-13-17-39(18-14-37)46(56)49(3,4)53-23-29-59-30-24-53)43-10-8-7-9-41(43)42-20-19-40(33-44(42)51)47(57)50(5,6)54-25-31-60-32-26-54/h7-20,33H,21-32,34-35H2,1-6H3. The third-order valence-corrected chi connectivity index (χ3v) is 14.0. The lowest BCUT2D eigenvalue weighted by molar-refractivity contribution is -0.00443. The molecule has 0 aromatic heterocycles. The van der Waals surface area contributed by atoms with Crippen LogP contribution < -0.4 is 0 Å². The topological polar surface area (TPSA) is 88.6 Å². The molecule has 0 unspecified atom stereocenters. The number of benzene rings is 4. The van der Waals surface area contributed by atoms with E-state index in [0.717, 1.165) is 54.0 Å². The zero-order valence-corrected chi connectivity index (χ0v) is 36.4. The second-order valence-corrected chi connectivity index (χ2v) is 18.6. The van der Waals surface area contributed by atoms with Gasteiger partial charge < -0.3 is 14.2 Å². The van der Waals surface area contributed by atoms with Gasteiger partial charge in [-0.1, -0.05) is 84.9 Å². The third kappa shape index (κ3) is 7.85. The minimum atomic E-state index is -0.707. The van der Waals surface area contributed by atoms with Gasteiger partial charge in [-0.3, -0.25) is 29.1 Å². The maximum absolute atomic E-state index is 14.6. The fourth-order valence-electron chi connectivity index (χ4n) is 10.1. The number of ether oxygens (including phenoxy) is 3. The fraction of sp³-hybridized carbons (Fsp3) is 0.471. The van der Waals surface area contributed by atoms with Gasteiger partial charge in [0.2, 0.25) is 0 Å². The van der Waals surface area contributed by atoms with Crippen LogP contribution in [0.15, 0.2) is 91.0 Å². The lowest BCUT2D eigenvalue weighted by atomic mass is 9.69. The van der Waals surface area contributed by atoms with Crippen LogP contribution in [0.4, 0.5) is 0 Å². The third-order valence-electron chi connectivity index (χ3n) is 14.0. The van der Waals surface area contributed by atoms with Gasteiger partial charge in [0.1, 0.15) is 0 Å². The summed E-state index contributed by atoms with van der Waals surface area (Å²) in [4.78, 5) is 49.3. The fourth-order valence-corrected chi connectivity index (χ4v) is 10.1. The highest BCUT2D eigenvalue weighted by molar-refractivity contribution is 6.04. The van der Waals surface area contributed by atoms with E-state index in [9.17, 15) is 14.4 Å². The Hall–Kier alpha value is -4.35. The number of rotatable bonds is 13. The summed E-state index contributed by atoms with van der Waals surface area (Å²) in [6.45, 7) is 20.2. The van der Waals surface area contributed by atoms with Crippen LogP contribution in [0.3, 0.4) is 0 Å². The van der Waals surface area contributed by atoms with Crippen LogP contribution in [-0.4, -0.2) is 128 Å². The number of hydrogen-bond acceptors (Lipinski definition) is 9. The minimum Gasteiger partial charge on any atom is -0.379 e. The molecule has 1 aliphatic carbocycles. The average Bonchev–Trinajstić information content (AvgIpc) is 3.54. The Morgan fingerprint density at radius 1 is 0.467 bits per heavy atom. The van der Waals surface area contributed by atoms with Gasteiger partial charge in [-0.15, -0.1) is 0 Å². The lowest BCUT2D eigenvalue weighted by Crippen LogP contribution is -2.54. The van der Waals surface area contributed by atoms with Crippen molar-refractivity contribution in [3.63, 3.8) is 0 Å². The summed E-state index contributed by atoms with van der Waals surface area (Å²) in [5.74, 6) is 0.285. The van der Waals surface area contributed by atoms with Crippen LogP contribution in [0.5, 0.6) is 0 Å². The lowest BCUT2D eigenvalue weighted by Gasteiger charge is -2.40. The predicted octanol–water partition coefficient (Wildman–Crippen LogP) is 7.32. The van der Waals surface area contributed by atoms with Crippen LogP contribution in [0.25, 0.3) is 11.1 Å². The molecule has 0 N–H and O–H groups in total. The summed E-state index contributed by atoms with van der Waals surface area (Å²) in [6.07, 6.45) is 1.29. The Kier molecular flexibility index (Phi) is 11.9. The number of morpholine rings is 3. The highest BCUT2D eigenvalue weighted by atomic mass is 16.5. The molecule has 4 aromatic rings. The van der Waals surface area contributed by atoms with Crippen LogP contribution in [0, 0.1) is 0 Å². The van der Waals surface area contributed by atoms with Crippen LogP contribution in [-0.2, 0) is 32.5 Å². The van der Waals surface area contributed by atoms with E-state index in [4.69, 9.17) is 14.2 Å². The molecule has 3 fully saturated rings. The van der Waals surface area contributed by atoms with Gasteiger partial charge in [-0.05, 0) is 93.8 Å². The second-order valence-electron chi connectivity index (χ2n) is 18.6. The van der Waals surface area contributed by atoms with Crippen molar-refractivity contribution in [3.05, 3.63) is 130 Å². The zero-order valence-electron chi connectivity index (χ0n) is 36.4. The molecule has 60 heavy (non-hydrogen) atoms. The molecule has 0 atom stereocenters. The summed E-state index contributed by atoms with van der Waals surface area (Å²) >= 11 is 0. The second kappa shape index (κ2) is 16.8. The first-order valence-electron chi connectivity index (χ1n) is 21.8. The molecule has 3 aliphatic heterocycles. The monoisotopic (exact) mass is 811 g/mol. The van der Waals surface area contributed by atoms with E-state index < -0.39 is 22.0 Å². The number of hydrogen-bond donors (Lipinski definition) is 0. The summed E-state index contributed by atoms with van der Waals surface area (Å²) < 4.78 is 16.8. The van der Waals surface area contributed by atoms with Crippen LogP contribution in [0.1, 0.15) is 94.9 Å². The first-order valence-corrected chi connectivity index (χ1v) is 21.8. The Morgan fingerprint density at radius 3 is 1.23 bits per heavy atom. The normalized spacial score (nSPS) is 19.1. The highest BCUT2D eigenvalue weighted by Crippen LogP contribution is 2.53. The van der Waals surface area contributed by atoms with E-state index in [1.807, 2.05) is 71.9 Å². The van der Waals surface area contributed by atoms with Crippen molar-refractivity contribution in [3.8, 4) is 11.1 Å². The minimum absolute atomic E-state index is 0.0913. The van der Waals surface area contributed by atoms with E-state index in [2.05, 4.69) is 75.4 Å². The number of ketones is 3. The van der Waals surface area contributed by atoms with Gasteiger partial charge in [0.05, 0.1) is 56.3 Å². The van der Waals surface area contributed by atoms with Crippen molar-refractivity contribution < 1.29 is 28.6 Å². The molecule has 0 spiro atoms. The van der Waals surface area contributed by atoms with Gasteiger partial charge in [-0.2, -0.15) is 0 Å². The summed E-state index contributed by atoms with van der Waals surface area (Å²) in [5, 5.41) is 0. The Morgan fingerprint density at radius 2 is 0.817 bits per heavy atom. The predicted molar refractivity (Wildman–Crippen MR) is 235 cm³/mol. The van der Waals surface area contributed by atoms with Gasteiger partial charge in [0, 0.05) is 61.4 Å². The van der Waals surface area contributed by atoms with Gasteiger partial charge in [0.25, 0.3) is 0 Å². The molecule has 0 bridgehead atoms.